The Balaban J connectivity index is 2.21. The van der Waals surface area contributed by atoms with Crippen molar-refractivity contribution in [2.45, 2.75) is 46.1 Å². The molecule has 1 aromatic heterocycles. The predicted molar refractivity (Wildman–Crippen MR) is 74.4 cm³/mol. The van der Waals surface area contributed by atoms with Crippen LogP contribution in [-0.4, -0.2) is 33.3 Å². The van der Waals surface area contributed by atoms with Crippen molar-refractivity contribution in [1.82, 2.24) is 20.1 Å². The molecule has 1 heterocycles. The third kappa shape index (κ3) is 6.91. The van der Waals surface area contributed by atoms with Crippen LogP contribution in [-0.2, 0) is 18.3 Å². The largest absolute Gasteiger partial charge is 0.356 e. The third-order valence-electron chi connectivity index (χ3n) is 2.64. The number of hydrogen-bond donors (Lipinski definition) is 2. The van der Waals surface area contributed by atoms with Crippen LogP contribution in [0.5, 0.6) is 0 Å². The van der Waals surface area contributed by atoms with E-state index in [0.29, 0.717) is 19.4 Å². The average molecular weight is 267 g/mol. The van der Waals surface area contributed by atoms with Crippen molar-refractivity contribution in [3.8, 4) is 0 Å². The number of aromatic nitrogens is 3. The summed E-state index contributed by atoms with van der Waals surface area (Å²) < 4.78 is 1.65. The van der Waals surface area contributed by atoms with Crippen molar-refractivity contribution in [2.24, 2.45) is 18.2 Å². The molecule has 0 radical (unpaired) electrons. The van der Waals surface area contributed by atoms with Gasteiger partial charge in [-0.1, -0.05) is 20.8 Å². The maximum atomic E-state index is 11.7. The number of carbonyl (C=O) groups excluding carboxylic acids is 1. The van der Waals surface area contributed by atoms with Crippen LogP contribution in [0.2, 0.25) is 0 Å². The van der Waals surface area contributed by atoms with Gasteiger partial charge in [-0.25, -0.2) is 4.98 Å². The lowest BCUT2D eigenvalue weighted by Gasteiger charge is -2.22. The lowest BCUT2D eigenvalue weighted by atomic mass is 9.87. The van der Waals surface area contributed by atoms with E-state index in [1.165, 1.54) is 0 Å². The van der Waals surface area contributed by atoms with Gasteiger partial charge in [0.1, 0.15) is 6.33 Å². The lowest BCUT2D eigenvalue weighted by Crippen LogP contribution is -2.35. The molecule has 1 amide bonds. The number of nitrogens with zero attached hydrogens (tertiary/aromatic N) is 3. The highest BCUT2D eigenvalue weighted by Crippen LogP contribution is 2.20. The molecule has 108 valence electrons. The first kappa shape index (κ1) is 15.6. The maximum Gasteiger partial charge on any atom is 0.221 e. The van der Waals surface area contributed by atoms with Crippen LogP contribution in [0.3, 0.4) is 0 Å². The Bertz CT molecular complexity index is 407. The molecule has 0 saturated heterocycles. The molecular formula is C13H25N5O. The van der Waals surface area contributed by atoms with Crippen molar-refractivity contribution < 1.29 is 4.79 Å². The quantitative estimate of drug-likeness (QED) is 0.791. The van der Waals surface area contributed by atoms with Gasteiger partial charge in [0.15, 0.2) is 5.82 Å². The SMILES string of the molecule is Cn1cnc(CCNC(=O)CC(N)CC(C)(C)C)n1. The molecule has 0 aliphatic rings. The summed E-state index contributed by atoms with van der Waals surface area (Å²) in [6.45, 7) is 6.91. The fourth-order valence-corrected chi connectivity index (χ4v) is 1.98. The van der Waals surface area contributed by atoms with Crippen molar-refractivity contribution in [3.63, 3.8) is 0 Å². The summed E-state index contributed by atoms with van der Waals surface area (Å²) in [4.78, 5) is 15.8. The van der Waals surface area contributed by atoms with Crippen LogP contribution in [0.1, 0.15) is 39.4 Å². The zero-order chi connectivity index (χ0) is 14.5. The smallest absolute Gasteiger partial charge is 0.221 e. The predicted octanol–water partition coefficient (Wildman–Crippen LogP) is 0.627. The normalized spacial score (nSPS) is 13.3. The van der Waals surface area contributed by atoms with Crippen LogP contribution in [0.4, 0.5) is 0 Å². The van der Waals surface area contributed by atoms with Crippen LogP contribution >= 0.6 is 0 Å². The first-order valence-electron chi connectivity index (χ1n) is 6.63. The fourth-order valence-electron chi connectivity index (χ4n) is 1.98. The summed E-state index contributed by atoms with van der Waals surface area (Å²) in [6.07, 6.45) is 3.49. The van der Waals surface area contributed by atoms with E-state index in [0.717, 1.165) is 12.2 Å². The Morgan fingerprint density at radius 2 is 2.21 bits per heavy atom. The summed E-state index contributed by atoms with van der Waals surface area (Å²) in [5, 5.41) is 7.00. The minimum atomic E-state index is -0.0898. The highest BCUT2D eigenvalue weighted by Gasteiger charge is 2.17. The molecule has 0 spiro atoms. The third-order valence-corrected chi connectivity index (χ3v) is 2.64. The molecule has 6 heteroatoms. The molecule has 0 aromatic carbocycles. The number of carbonyl (C=O) groups is 1. The second kappa shape index (κ2) is 6.65. The lowest BCUT2D eigenvalue weighted by molar-refractivity contribution is -0.121. The van der Waals surface area contributed by atoms with Gasteiger partial charge in [-0.2, -0.15) is 5.10 Å². The summed E-state index contributed by atoms with van der Waals surface area (Å²) in [7, 11) is 1.82. The van der Waals surface area contributed by atoms with Crippen LogP contribution in [0, 0.1) is 5.41 Å². The average Bonchev–Trinajstić information content (AvgIpc) is 2.60. The van der Waals surface area contributed by atoms with Gasteiger partial charge in [-0.15, -0.1) is 0 Å². The van der Waals surface area contributed by atoms with Crippen molar-refractivity contribution in [3.05, 3.63) is 12.2 Å². The van der Waals surface area contributed by atoms with Crippen molar-refractivity contribution in [2.75, 3.05) is 6.54 Å². The number of hydrogen-bond acceptors (Lipinski definition) is 4. The Morgan fingerprint density at radius 1 is 1.53 bits per heavy atom. The van der Waals surface area contributed by atoms with Crippen molar-refractivity contribution in [1.29, 1.82) is 0 Å². The Kier molecular flexibility index (Phi) is 5.47. The number of nitrogens with two attached hydrogens (primary N) is 1. The minimum Gasteiger partial charge on any atom is -0.356 e. The van der Waals surface area contributed by atoms with Gasteiger partial charge in [-0.3, -0.25) is 9.48 Å². The topological polar surface area (TPSA) is 85.8 Å². The summed E-state index contributed by atoms with van der Waals surface area (Å²) in [5.41, 5.74) is 6.11. The minimum absolute atomic E-state index is 0.00678. The van der Waals surface area contributed by atoms with Crippen molar-refractivity contribution >= 4 is 5.91 Å². The van der Waals surface area contributed by atoms with Gasteiger partial charge >= 0.3 is 0 Å². The maximum absolute atomic E-state index is 11.7. The van der Waals surface area contributed by atoms with Crippen LogP contribution in [0.25, 0.3) is 0 Å². The van der Waals surface area contributed by atoms with E-state index in [1.807, 2.05) is 7.05 Å². The first-order valence-corrected chi connectivity index (χ1v) is 6.63. The summed E-state index contributed by atoms with van der Waals surface area (Å²) in [6, 6.07) is -0.0898. The zero-order valence-corrected chi connectivity index (χ0v) is 12.3. The monoisotopic (exact) mass is 267 g/mol. The molecule has 3 N–H and O–H groups in total. The molecular weight excluding hydrogens is 242 g/mol. The number of aryl methyl sites for hydroxylation is 1. The Hall–Kier alpha value is -1.43. The number of rotatable bonds is 6. The molecule has 0 saturated carbocycles. The molecule has 1 unspecified atom stereocenters. The molecule has 19 heavy (non-hydrogen) atoms. The van der Waals surface area contributed by atoms with Gasteiger partial charge in [-0.05, 0) is 11.8 Å². The van der Waals surface area contributed by atoms with Gasteiger partial charge in [0.2, 0.25) is 5.91 Å². The van der Waals surface area contributed by atoms with Crippen LogP contribution in [0.15, 0.2) is 6.33 Å². The highest BCUT2D eigenvalue weighted by atomic mass is 16.1. The molecule has 1 rings (SSSR count). The van der Waals surface area contributed by atoms with E-state index in [1.54, 1.807) is 11.0 Å². The standard InChI is InChI=1S/C13H25N5O/c1-13(2,3)8-10(14)7-12(19)15-6-5-11-16-9-18(4)17-11/h9-10H,5-8,14H2,1-4H3,(H,15,19). The molecule has 1 atom stereocenters. The Labute approximate surface area is 114 Å². The zero-order valence-electron chi connectivity index (χ0n) is 12.3. The second-order valence-corrected chi connectivity index (χ2v) is 6.16. The molecule has 0 aliphatic heterocycles. The molecule has 1 aromatic rings. The number of amides is 1. The van der Waals surface area contributed by atoms with Gasteiger partial charge in [0.25, 0.3) is 0 Å². The highest BCUT2D eigenvalue weighted by molar-refractivity contribution is 5.76. The molecule has 6 nitrogen and oxygen atoms in total. The van der Waals surface area contributed by atoms with E-state index in [9.17, 15) is 4.79 Å². The Morgan fingerprint density at radius 3 is 2.74 bits per heavy atom. The van der Waals surface area contributed by atoms with Gasteiger partial charge in [0, 0.05) is 32.5 Å². The summed E-state index contributed by atoms with van der Waals surface area (Å²) in [5.74, 6) is 0.731. The van der Waals surface area contributed by atoms with E-state index in [2.05, 4.69) is 36.2 Å². The molecule has 0 bridgehead atoms. The molecule has 0 fully saturated rings. The first-order chi connectivity index (χ1) is 8.76. The van der Waals surface area contributed by atoms with Gasteiger partial charge < -0.3 is 11.1 Å². The van der Waals surface area contributed by atoms with E-state index < -0.39 is 0 Å². The second-order valence-electron chi connectivity index (χ2n) is 6.16. The molecule has 0 aliphatic carbocycles. The van der Waals surface area contributed by atoms with Gasteiger partial charge in [0.05, 0.1) is 0 Å². The number of nitrogens with one attached hydrogen (secondary N) is 1. The van der Waals surface area contributed by atoms with Crippen LogP contribution < -0.4 is 11.1 Å². The van der Waals surface area contributed by atoms with E-state index in [-0.39, 0.29) is 17.4 Å². The van der Waals surface area contributed by atoms with E-state index >= 15 is 0 Å². The van der Waals surface area contributed by atoms with E-state index in [4.69, 9.17) is 5.73 Å². The fraction of sp³-hybridized carbons (Fsp3) is 0.769. The summed E-state index contributed by atoms with van der Waals surface area (Å²) >= 11 is 0.